The summed E-state index contributed by atoms with van der Waals surface area (Å²) in [6, 6.07) is 11.5. The highest BCUT2D eigenvalue weighted by Gasteiger charge is 2.18. The molecule has 5 rings (SSSR count). The van der Waals surface area contributed by atoms with E-state index in [0.717, 1.165) is 6.07 Å². The van der Waals surface area contributed by atoms with Gasteiger partial charge in [-0.3, -0.25) is 0 Å². The molecule has 5 nitrogen and oxygen atoms in total. The molecule has 3 aromatic rings. The second-order valence-electron chi connectivity index (χ2n) is 6.84. The van der Waals surface area contributed by atoms with E-state index in [9.17, 15) is 13.2 Å². The quantitative estimate of drug-likeness (QED) is 0.353. The number of rotatable bonds is 4. The molecule has 2 aliphatic rings. The number of benzene rings is 2. The molecule has 3 heterocycles. The van der Waals surface area contributed by atoms with Crippen molar-refractivity contribution in [2.24, 2.45) is 0 Å². The minimum atomic E-state index is -0.991. The molecule has 0 unspecified atom stereocenters. The van der Waals surface area contributed by atoms with Gasteiger partial charge in [0.1, 0.15) is 17.2 Å². The third-order valence-electron chi connectivity index (χ3n) is 4.72. The zero-order chi connectivity index (χ0) is 21.5. The number of aromatic nitrogens is 4. The molecule has 2 aromatic carbocycles. The normalized spacial score (nSPS) is 11.4. The van der Waals surface area contributed by atoms with Gasteiger partial charge in [0.05, 0.1) is 17.8 Å². The van der Waals surface area contributed by atoms with Crippen LogP contribution in [0.3, 0.4) is 0 Å². The Kier molecular flexibility index (Phi) is 4.71. The molecule has 0 fully saturated rings. The number of imidazole rings is 1. The molecule has 0 spiro atoms. The number of nitrogens with zero attached hydrogens (tertiary/aromatic N) is 4. The van der Waals surface area contributed by atoms with Crippen molar-refractivity contribution in [3.63, 3.8) is 0 Å². The molecule has 154 valence electrons. The minimum absolute atomic E-state index is 0.00684. The predicted octanol–water partition coefficient (Wildman–Crippen LogP) is 5.82. The van der Waals surface area contributed by atoms with Crippen molar-refractivity contribution in [2.45, 2.75) is 6.54 Å². The maximum absolute atomic E-state index is 14.1. The van der Waals surface area contributed by atoms with Gasteiger partial charge in [0.25, 0.3) is 0 Å². The third-order valence-corrected chi connectivity index (χ3v) is 4.96. The smallest absolute Gasteiger partial charge is 0.169 e. The Morgan fingerprint density at radius 2 is 1.71 bits per heavy atom. The lowest BCUT2D eigenvalue weighted by Crippen LogP contribution is -1.99. The van der Waals surface area contributed by atoms with Crippen molar-refractivity contribution < 1.29 is 17.7 Å². The average Bonchev–Trinajstić information content (AvgIpc) is 3.37. The van der Waals surface area contributed by atoms with Crippen LogP contribution in [-0.2, 0) is 6.54 Å². The molecule has 31 heavy (non-hydrogen) atoms. The second-order valence-corrected chi connectivity index (χ2v) is 7.28. The highest BCUT2D eigenvalue weighted by molar-refractivity contribution is 6.30. The maximum Gasteiger partial charge on any atom is 0.169 e. The molecule has 0 N–H and O–H groups in total. The molecular weight excluding hydrogens is 429 g/mol. The maximum atomic E-state index is 14.1. The van der Waals surface area contributed by atoms with Crippen molar-refractivity contribution in [3.8, 4) is 34.0 Å². The Labute approximate surface area is 179 Å². The molecule has 0 aliphatic carbocycles. The first-order chi connectivity index (χ1) is 15.0. The molecule has 0 radical (unpaired) electrons. The van der Waals surface area contributed by atoms with E-state index in [4.69, 9.17) is 16.1 Å². The molecule has 0 saturated heterocycles. The summed E-state index contributed by atoms with van der Waals surface area (Å²) in [6.45, 7) is 0.300. The zero-order valence-electron chi connectivity index (χ0n) is 15.7. The SMILES string of the molecule is Fc1cc(Cl)ccc1-c1cc(Cn2ccc3nc(-c4cccc(F)c4F)nc-3c2)on1. The van der Waals surface area contributed by atoms with Gasteiger partial charge in [-0.2, -0.15) is 0 Å². The van der Waals surface area contributed by atoms with Crippen LogP contribution in [0.4, 0.5) is 13.2 Å². The predicted molar refractivity (Wildman–Crippen MR) is 108 cm³/mol. The van der Waals surface area contributed by atoms with Crippen LogP contribution in [0.15, 0.2) is 65.4 Å². The van der Waals surface area contributed by atoms with Crippen LogP contribution in [0.25, 0.3) is 34.0 Å². The summed E-state index contributed by atoms with van der Waals surface area (Å²) in [6.07, 6.45) is 3.45. The first kappa shape index (κ1) is 19.3. The third kappa shape index (κ3) is 3.66. The fourth-order valence-corrected chi connectivity index (χ4v) is 3.40. The Hall–Kier alpha value is -3.65. The lowest BCUT2D eigenvalue weighted by Gasteiger charge is -2.04. The van der Waals surface area contributed by atoms with E-state index in [0.29, 0.717) is 34.4 Å². The van der Waals surface area contributed by atoms with Crippen molar-refractivity contribution in [1.29, 1.82) is 0 Å². The number of hydrogen-bond acceptors (Lipinski definition) is 4. The van der Waals surface area contributed by atoms with Gasteiger partial charge < -0.3 is 9.09 Å². The molecule has 1 aromatic heterocycles. The van der Waals surface area contributed by atoms with Crippen molar-refractivity contribution in [2.75, 3.05) is 0 Å². The van der Waals surface area contributed by atoms with E-state index in [-0.39, 0.29) is 17.0 Å². The molecule has 0 atom stereocenters. The van der Waals surface area contributed by atoms with Gasteiger partial charge in [0, 0.05) is 29.0 Å². The molecule has 0 bridgehead atoms. The fraction of sp³-hybridized carbons (Fsp3) is 0.0455. The zero-order valence-corrected chi connectivity index (χ0v) is 16.4. The highest BCUT2D eigenvalue weighted by atomic mass is 35.5. The van der Waals surface area contributed by atoms with E-state index >= 15 is 0 Å². The highest BCUT2D eigenvalue weighted by Crippen LogP contribution is 2.28. The molecule has 9 heteroatoms. The van der Waals surface area contributed by atoms with E-state index in [1.165, 1.54) is 24.3 Å². The Morgan fingerprint density at radius 1 is 0.871 bits per heavy atom. The van der Waals surface area contributed by atoms with Gasteiger partial charge in [0.2, 0.25) is 0 Å². The first-order valence-corrected chi connectivity index (χ1v) is 9.54. The number of halogens is 4. The minimum Gasteiger partial charge on any atom is -0.359 e. The lowest BCUT2D eigenvalue weighted by atomic mass is 10.1. The second kappa shape index (κ2) is 7.55. The van der Waals surface area contributed by atoms with Gasteiger partial charge >= 0.3 is 0 Å². The largest absolute Gasteiger partial charge is 0.359 e. The van der Waals surface area contributed by atoms with E-state index < -0.39 is 17.5 Å². The standard InChI is InChI=1S/C22H12ClF3N4O/c23-12-4-5-14(17(25)8-12)19-9-13(31-29-19)10-30-7-6-18-20(11-30)28-22(27-18)15-2-1-3-16(24)21(15)26/h1-9,11H,10H2. The van der Waals surface area contributed by atoms with Crippen LogP contribution in [0.2, 0.25) is 5.02 Å². The molecular formula is C22H12ClF3N4O. The van der Waals surface area contributed by atoms with Gasteiger partial charge in [-0.25, -0.2) is 23.1 Å². The topological polar surface area (TPSA) is 56.7 Å². The number of pyridine rings is 1. The Morgan fingerprint density at radius 3 is 2.55 bits per heavy atom. The van der Waals surface area contributed by atoms with Crippen LogP contribution in [0.1, 0.15) is 5.76 Å². The summed E-state index contributed by atoms with van der Waals surface area (Å²) in [5.41, 5.74) is 1.67. The summed E-state index contributed by atoms with van der Waals surface area (Å²) in [7, 11) is 0. The Bertz CT molecular complexity index is 1380. The van der Waals surface area contributed by atoms with Crippen molar-refractivity contribution >= 4 is 11.6 Å². The van der Waals surface area contributed by atoms with E-state index in [2.05, 4.69) is 15.1 Å². The van der Waals surface area contributed by atoms with Crippen LogP contribution in [0, 0.1) is 17.5 Å². The molecule has 0 amide bonds. The van der Waals surface area contributed by atoms with Crippen LogP contribution in [0.5, 0.6) is 0 Å². The van der Waals surface area contributed by atoms with E-state index in [1.54, 1.807) is 35.2 Å². The summed E-state index contributed by atoms with van der Waals surface area (Å²) in [5.74, 6) is -1.85. The van der Waals surface area contributed by atoms with Gasteiger partial charge in [0.15, 0.2) is 23.2 Å². The number of hydrogen-bond donors (Lipinski definition) is 0. The molecule has 0 saturated carbocycles. The van der Waals surface area contributed by atoms with Gasteiger partial charge in [-0.1, -0.05) is 22.8 Å². The van der Waals surface area contributed by atoms with Gasteiger partial charge in [-0.05, 0) is 36.4 Å². The number of fused-ring (bicyclic) bond motifs is 1. The lowest BCUT2D eigenvalue weighted by molar-refractivity contribution is 0.378. The molecule has 2 aliphatic heterocycles. The van der Waals surface area contributed by atoms with Crippen LogP contribution < -0.4 is 0 Å². The van der Waals surface area contributed by atoms with Gasteiger partial charge in [-0.15, -0.1) is 0 Å². The van der Waals surface area contributed by atoms with Crippen LogP contribution >= 0.6 is 11.6 Å². The summed E-state index contributed by atoms with van der Waals surface area (Å²) in [5, 5.41) is 4.21. The Balaban J connectivity index is 1.42. The van der Waals surface area contributed by atoms with E-state index in [1.807, 2.05) is 0 Å². The monoisotopic (exact) mass is 440 g/mol. The summed E-state index contributed by atoms with van der Waals surface area (Å²) < 4.78 is 48.8. The average molecular weight is 441 g/mol. The first-order valence-electron chi connectivity index (χ1n) is 9.17. The van der Waals surface area contributed by atoms with Crippen LogP contribution in [-0.4, -0.2) is 19.7 Å². The summed E-state index contributed by atoms with van der Waals surface area (Å²) in [4.78, 5) is 8.59. The van der Waals surface area contributed by atoms with Crippen molar-refractivity contribution in [3.05, 3.63) is 89.2 Å². The van der Waals surface area contributed by atoms with Crippen molar-refractivity contribution in [1.82, 2.24) is 19.7 Å². The fourth-order valence-electron chi connectivity index (χ4n) is 3.24. The summed E-state index contributed by atoms with van der Waals surface area (Å²) >= 11 is 5.78.